The van der Waals surface area contributed by atoms with E-state index in [1.807, 2.05) is 6.92 Å². The average molecular weight is 330 g/mol. The van der Waals surface area contributed by atoms with Crippen molar-refractivity contribution < 1.29 is 9.18 Å². The van der Waals surface area contributed by atoms with E-state index in [4.69, 9.17) is 0 Å². The van der Waals surface area contributed by atoms with Crippen molar-refractivity contribution in [2.45, 2.75) is 33.6 Å². The van der Waals surface area contributed by atoms with Gasteiger partial charge in [-0.3, -0.25) is 4.79 Å². The maximum absolute atomic E-state index is 13.6. The third-order valence-electron chi connectivity index (χ3n) is 3.08. The van der Waals surface area contributed by atoms with E-state index in [2.05, 4.69) is 35.1 Å². The number of hydrogen-bond donors (Lipinski definition) is 1. The second kappa shape index (κ2) is 7.04. The lowest BCUT2D eigenvalue weighted by Crippen LogP contribution is -2.34. The van der Waals surface area contributed by atoms with Crippen LogP contribution in [0.3, 0.4) is 0 Å². The summed E-state index contributed by atoms with van der Waals surface area (Å²) in [5, 5.41) is 3.78. The molecular formula is C15H21BrFNO. The molecule has 1 aromatic rings. The van der Waals surface area contributed by atoms with Crippen molar-refractivity contribution in [1.82, 2.24) is 5.32 Å². The number of hydrogen-bond acceptors (Lipinski definition) is 1. The minimum atomic E-state index is -0.471. The highest BCUT2D eigenvalue weighted by atomic mass is 79.9. The van der Waals surface area contributed by atoms with Crippen molar-refractivity contribution in [2.75, 3.05) is 11.9 Å². The Morgan fingerprint density at radius 1 is 1.42 bits per heavy atom. The molecule has 0 aliphatic heterocycles. The van der Waals surface area contributed by atoms with E-state index < -0.39 is 5.82 Å². The predicted octanol–water partition coefficient (Wildman–Crippen LogP) is 4.07. The molecule has 1 rings (SSSR count). The fourth-order valence-corrected chi connectivity index (χ4v) is 2.14. The van der Waals surface area contributed by atoms with Gasteiger partial charge in [-0.15, -0.1) is 0 Å². The zero-order chi connectivity index (χ0) is 14.5. The summed E-state index contributed by atoms with van der Waals surface area (Å²) in [5.74, 6) is -0.811. The number of amides is 1. The van der Waals surface area contributed by atoms with Crippen LogP contribution in [0.15, 0.2) is 18.2 Å². The van der Waals surface area contributed by atoms with Gasteiger partial charge in [0.05, 0.1) is 5.56 Å². The Labute approximate surface area is 122 Å². The van der Waals surface area contributed by atoms with Crippen molar-refractivity contribution in [1.29, 1.82) is 0 Å². The quantitative estimate of drug-likeness (QED) is 0.783. The van der Waals surface area contributed by atoms with Gasteiger partial charge in [-0.05, 0) is 37.3 Å². The first-order valence-corrected chi connectivity index (χ1v) is 7.58. The van der Waals surface area contributed by atoms with Gasteiger partial charge in [-0.2, -0.15) is 0 Å². The van der Waals surface area contributed by atoms with E-state index in [9.17, 15) is 9.18 Å². The van der Waals surface area contributed by atoms with Crippen LogP contribution < -0.4 is 5.32 Å². The summed E-state index contributed by atoms with van der Waals surface area (Å²) in [6, 6.07) is 4.57. The van der Waals surface area contributed by atoms with Crippen molar-refractivity contribution in [2.24, 2.45) is 5.41 Å². The van der Waals surface area contributed by atoms with Crippen molar-refractivity contribution in [3.8, 4) is 0 Å². The molecule has 0 fully saturated rings. The number of rotatable bonds is 6. The van der Waals surface area contributed by atoms with Crippen LogP contribution in [-0.2, 0) is 0 Å². The smallest absolute Gasteiger partial charge is 0.254 e. The summed E-state index contributed by atoms with van der Waals surface area (Å²) < 4.78 is 13.6. The molecule has 0 spiro atoms. The molecule has 0 radical (unpaired) electrons. The Morgan fingerprint density at radius 3 is 2.74 bits per heavy atom. The summed E-state index contributed by atoms with van der Waals surface area (Å²) in [6.45, 7) is 6.59. The molecule has 0 atom stereocenters. The lowest BCUT2D eigenvalue weighted by atomic mass is 9.88. The van der Waals surface area contributed by atoms with E-state index in [-0.39, 0.29) is 16.9 Å². The molecule has 1 amide bonds. The van der Waals surface area contributed by atoms with Crippen LogP contribution >= 0.6 is 15.9 Å². The normalized spacial score (nSPS) is 11.4. The van der Waals surface area contributed by atoms with Gasteiger partial charge < -0.3 is 5.32 Å². The van der Waals surface area contributed by atoms with Gasteiger partial charge in [-0.25, -0.2) is 4.39 Å². The average Bonchev–Trinajstić information content (AvgIpc) is 2.36. The summed E-state index contributed by atoms with van der Waals surface area (Å²) >= 11 is 3.40. The van der Waals surface area contributed by atoms with Crippen LogP contribution in [0, 0.1) is 18.2 Å². The van der Waals surface area contributed by atoms with Gasteiger partial charge in [0.1, 0.15) is 5.82 Å². The van der Waals surface area contributed by atoms with Crippen molar-refractivity contribution in [3.05, 3.63) is 35.1 Å². The predicted molar refractivity (Wildman–Crippen MR) is 80.3 cm³/mol. The van der Waals surface area contributed by atoms with E-state index >= 15 is 0 Å². The molecule has 1 aromatic carbocycles. The zero-order valence-corrected chi connectivity index (χ0v) is 13.3. The summed E-state index contributed by atoms with van der Waals surface area (Å²) in [7, 11) is 0. The topological polar surface area (TPSA) is 29.1 Å². The number of alkyl halides is 1. The number of carbonyl (C=O) groups is 1. The first-order valence-electron chi connectivity index (χ1n) is 6.46. The number of benzene rings is 1. The number of nitrogens with one attached hydrogen (secondary N) is 1. The Kier molecular flexibility index (Phi) is 5.98. The van der Waals surface area contributed by atoms with Gasteiger partial charge >= 0.3 is 0 Å². The molecule has 0 unspecified atom stereocenters. The minimum Gasteiger partial charge on any atom is -0.351 e. The lowest BCUT2D eigenvalue weighted by Gasteiger charge is -2.24. The molecule has 0 saturated heterocycles. The van der Waals surface area contributed by atoms with Gasteiger partial charge in [0.25, 0.3) is 5.91 Å². The van der Waals surface area contributed by atoms with Gasteiger partial charge in [0.15, 0.2) is 0 Å². The van der Waals surface area contributed by atoms with Crippen LogP contribution in [0.2, 0.25) is 0 Å². The standard InChI is InChI=1S/C15H21BrFNO/c1-11-5-6-13(17)12(9-11)14(19)18-10-15(2,3)7-4-8-16/h5-6,9H,4,7-8,10H2,1-3H3,(H,18,19). The number of carbonyl (C=O) groups excluding carboxylic acids is 1. The third-order valence-corrected chi connectivity index (χ3v) is 3.64. The number of halogens is 2. The van der Waals surface area contributed by atoms with Crippen LogP contribution in [0.5, 0.6) is 0 Å². The minimum absolute atomic E-state index is 0.0176. The molecule has 0 aliphatic rings. The Bertz CT molecular complexity index is 446. The van der Waals surface area contributed by atoms with E-state index in [1.165, 1.54) is 6.07 Å². The second-order valence-electron chi connectivity index (χ2n) is 5.62. The number of aryl methyl sites for hydroxylation is 1. The maximum atomic E-state index is 13.6. The molecule has 0 aromatic heterocycles. The first-order chi connectivity index (χ1) is 8.85. The third kappa shape index (κ3) is 5.31. The molecule has 0 heterocycles. The van der Waals surface area contributed by atoms with E-state index in [0.29, 0.717) is 6.54 Å². The van der Waals surface area contributed by atoms with Gasteiger partial charge in [-0.1, -0.05) is 41.4 Å². The molecule has 106 valence electrons. The SMILES string of the molecule is Cc1ccc(F)c(C(=O)NCC(C)(C)CCCBr)c1. The Hall–Kier alpha value is -0.900. The maximum Gasteiger partial charge on any atom is 0.254 e. The second-order valence-corrected chi connectivity index (χ2v) is 6.42. The lowest BCUT2D eigenvalue weighted by molar-refractivity contribution is 0.0930. The summed E-state index contributed by atoms with van der Waals surface area (Å²) in [5.41, 5.74) is 1.02. The van der Waals surface area contributed by atoms with Crippen LogP contribution in [0.25, 0.3) is 0 Å². The highest BCUT2D eigenvalue weighted by Crippen LogP contribution is 2.22. The van der Waals surface area contributed by atoms with Crippen molar-refractivity contribution >= 4 is 21.8 Å². The first kappa shape index (κ1) is 16.2. The molecule has 2 nitrogen and oxygen atoms in total. The Balaban J connectivity index is 2.62. The van der Waals surface area contributed by atoms with Crippen molar-refractivity contribution in [3.63, 3.8) is 0 Å². The van der Waals surface area contributed by atoms with Crippen LogP contribution in [0.1, 0.15) is 42.6 Å². The van der Waals surface area contributed by atoms with E-state index in [1.54, 1.807) is 12.1 Å². The molecule has 0 bridgehead atoms. The fraction of sp³-hybridized carbons (Fsp3) is 0.533. The van der Waals surface area contributed by atoms with Crippen LogP contribution in [-0.4, -0.2) is 17.8 Å². The molecule has 0 saturated carbocycles. The van der Waals surface area contributed by atoms with Crippen LogP contribution in [0.4, 0.5) is 4.39 Å². The van der Waals surface area contributed by atoms with E-state index in [0.717, 1.165) is 23.7 Å². The fourth-order valence-electron chi connectivity index (χ4n) is 1.86. The summed E-state index contributed by atoms with van der Waals surface area (Å²) in [6.07, 6.45) is 2.07. The highest BCUT2D eigenvalue weighted by molar-refractivity contribution is 9.09. The molecule has 19 heavy (non-hydrogen) atoms. The van der Waals surface area contributed by atoms with Gasteiger partial charge in [0.2, 0.25) is 0 Å². The molecule has 1 N–H and O–H groups in total. The monoisotopic (exact) mass is 329 g/mol. The largest absolute Gasteiger partial charge is 0.351 e. The molecular weight excluding hydrogens is 309 g/mol. The molecule has 0 aliphatic carbocycles. The van der Waals surface area contributed by atoms with Gasteiger partial charge in [0, 0.05) is 11.9 Å². The summed E-state index contributed by atoms with van der Waals surface area (Å²) in [4.78, 5) is 12.0. The Morgan fingerprint density at radius 2 is 2.11 bits per heavy atom. The zero-order valence-electron chi connectivity index (χ0n) is 11.7. The molecule has 4 heteroatoms. The highest BCUT2D eigenvalue weighted by Gasteiger charge is 2.19.